The fourth-order valence-corrected chi connectivity index (χ4v) is 1.73. The van der Waals surface area contributed by atoms with Gasteiger partial charge in [-0.3, -0.25) is 10.1 Å². The van der Waals surface area contributed by atoms with Gasteiger partial charge in [-0.1, -0.05) is 17.7 Å². The first-order valence-electron chi connectivity index (χ1n) is 4.96. The average molecular weight is 220 g/mol. The zero-order chi connectivity index (χ0) is 11.7. The van der Waals surface area contributed by atoms with Crippen LogP contribution in [0.15, 0.2) is 18.2 Å². The van der Waals surface area contributed by atoms with Gasteiger partial charge in [0, 0.05) is 12.1 Å². The van der Waals surface area contributed by atoms with Crippen LogP contribution in [0.1, 0.15) is 17.0 Å². The monoisotopic (exact) mass is 220 g/mol. The van der Waals surface area contributed by atoms with E-state index in [2.05, 4.69) is 10.6 Å². The minimum absolute atomic E-state index is 0.0712. The lowest BCUT2D eigenvalue weighted by molar-refractivity contribution is -0.122. The zero-order valence-corrected chi connectivity index (χ0v) is 8.78. The Morgan fingerprint density at radius 3 is 2.81 bits per heavy atom. The molecule has 0 bridgehead atoms. The number of rotatable bonds is 1. The third-order valence-corrected chi connectivity index (χ3v) is 2.58. The summed E-state index contributed by atoms with van der Waals surface area (Å²) in [5.74, 6) is -0.843. The van der Waals surface area contributed by atoms with Crippen LogP contribution in [0.4, 0.5) is 4.79 Å². The number of amides is 3. The number of phenolic OH excluding ortho intramolecular Hbond substituents is 1. The number of nitrogens with one attached hydrogen (secondary N) is 2. The average Bonchev–Trinajstić information content (AvgIpc) is 2.22. The molecular formula is C11H12N2O3. The number of aromatic hydroxyl groups is 1. The highest BCUT2D eigenvalue weighted by Gasteiger charge is 2.29. The van der Waals surface area contributed by atoms with Crippen LogP contribution in [0.2, 0.25) is 0 Å². The van der Waals surface area contributed by atoms with Gasteiger partial charge in [-0.05, 0) is 13.0 Å². The number of carbonyl (C=O) groups excluding carboxylic acids is 2. The van der Waals surface area contributed by atoms with Crippen LogP contribution in [0, 0.1) is 6.92 Å². The molecule has 16 heavy (non-hydrogen) atoms. The van der Waals surface area contributed by atoms with Crippen LogP contribution in [0.25, 0.3) is 0 Å². The number of hydrogen-bond acceptors (Lipinski definition) is 3. The summed E-state index contributed by atoms with van der Waals surface area (Å²) in [6.07, 6.45) is 0. The molecule has 1 aliphatic rings. The summed E-state index contributed by atoms with van der Waals surface area (Å²) in [4.78, 5) is 22.5. The molecule has 1 aliphatic heterocycles. The fourth-order valence-electron chi connectivity index (χ4n) is 1.73. The number of aryl methyl sites for hydroxylation is 1. The molecule has 1 saturated heterocycles. The third-order valence-electron chi connectivity index (χ3n) is 2.58. The van der Waals surface area contributed by atoms with Crippen LogP contribution in [0.3, 0.4) is 0 Å². The highest BCUT2D eigenvalue weighted by molar-refractivity contribution is 6.00. The molecule has 1 unspecified atom stereocenters. The second-order valence-corrected chi connectivity index (χ2v) is 3.81. The molecule has 3 N–H and O–H groups in total. The number of carbonyl (C=O) groups is 2. The minimum Gasteiger partial charge on any atom is -0.508 e. The van der Waals surface area contributed by atoms with Crippen LogP contribution in [-0.2, 0) is 4.79 Å². The summed E-state index contributed by atoms with van der Waals surface area (Å²) in [5, 5.41) is 14.4. The lowest BCUT2D eigenvalue weighted by Gasteiger charge is -2.23. The molecule has 0 radical (unpaired) electrons. The molecule has 2 rings (SSSR count). The van der Waals surface area contributed by atoms with E-state index in [1.54, 1.807) is 18.2 Å². The summed E-state index contributed by atoms with van der Waals surface area (Å²) in [5.41, 5.74) is 1.50. The zero-order valence-electron chi connectivity index (χ0n) is 8.78. The number of benzene rings is 1. The van der Waals surface area contributed by atoms with E-state index >= 15 is 0 Å². The topological polar surface area (TPSA) is 78.4 Å². The maximum atomic E-state index is 11.6. The van der Waals surface area contributed by atoms with Crippen molar-refractivity contribution >= 4 is 11.9 Å². The summed E-state index contributed by atoms with van der Waals surface area (Å²) >= 11 is 0. The van der Waals surface area contributed by atoms with Gasteiger partial charge in [0.1, 0.15) is 5.75 Å². The summed E-state index contributed by atoms with van der Waals surface area (Å²) < 4.78 is 0. The maximum Gasteiger partial charge on any atom is 0.321 e. The Bertz CT molecular complexity index is 457. The van der Waals surface area contributed by atoms with Crippen molar-refractivity contribution in [3.63, 3.8) is 0 Å². The Kier molecular flexibility index (Phi) is 2.52. The number of urea groups is 1. The Morgan fingerprint density at radius 2 is 2.12 bits per heavy atom. The standard InChI is InChI=1S/C11H12N2O3/c1-6-2-3-9(14)7(4-6)8-5-12-11(16)13-10(8)15/h2-4,8,14H,5H2,1H3,(H2,12,13,15,16). The largest absolute Gasteiger partial charge is 0.508 e. The van der Waals surface area contributed by atoms with Crippen LogP contribution in [0.5, 0.6) is 5.75 Å². The van der Waals surface area contributed by atoms with E-state index in [0.29, 0.717) is 5.56 Å². The first-order valence-corrected chi connectivity index (χ1v) is 4.96. The molecule has 1 heterocycles. The number of imide groups is 1. The second-order valence-electron chi connectivity index (χ2n) is 3.81. The molecule has 0 aromatic heterocycles. The van der Waals surface area contributed by atoms with Crippen LogP contribution in [-0.4, -0.2) is 23.6 Å². The Morgan fingerprint density at radius 1 is 1.38 bits per heavy atom. The highest BCUT2D eigenvalue weighted by atomic mass is 16.3. The maximum absolute atomic E-state index is 11.6. The van der Waals surface area contributed by atoms with Gasteiger partial charge in [-0.25, -0.2) is 4.79 Å². The van der Waals surface area contributed by atoms with Crippen molar-refractivity contribution in [2.24, 2.45) is 0 Å². The Hall–Kier alpha value is -2.04. The predicted molar refractivity (Wildman–Crippen MR) is 57.1 cm³/mol. The van der Waals surface area contributed by atoms with E-state index in [9.17, 15) is 14.7 Å². The van der Waals surface area contributed by atoms with E-state index < -0.39 is 11.9 Å². The molecule has 84 valence electrons. The number of hydrogen-bond donors (Lipinski definition) is 3. The van der Waals surface area contributed by atoms with Crippen molar-refractivity contribution in [1.82, 2.24) is 10.6 Å². The SMILES string of the molecule is Cc1ccc(O)c(C2CNC(=O)NC2=O)c1. The van der Waals surface area contributed by atoms with Crippen LogP contribution >= 0.6 is 0 Å². The molecule has 3 amide bonds. The van der Waals surface area contributed by atoms with Gasteiger partial charge in [0.2, 0.25) is 5.91 Å². The molecule has 1 fully saturated rings. The van der Waals surface area contributed by atoms with Gasteiger partial charge in [0.15, 0.2) is 0 Å². The highest BCUT2D eigenvalue weighted by Crippen LogP contribution is 2.27. The Balaban J connectivity index is 2.33. The summed E-state index contributed by atoms with van der Waals surface area (Å²) in [6, 6.07) is 4.57. The smallest absolute Gasteiger partial charge is 0.321 e. The van der Waals surface area contributed by atoms with Gasteiger partial charge in [0.05, 0.1) is 5.92 Å². The quantitative estimate of drug-likeness (QED) is 0.649. The fraction of sp³-hybridized carbons (Fsp3) is 0.273. The minimum atomic E-state index is -0.530. The van der Waals surface area contributed by atoms with Crippen molar-refractivity contribution in [3.05, 3.63) is 29.3 Å². The molecule has 5 heteroatoms. The Labute approximate surface area is 92.5 Å². The van der Waals surface area contributed by atoms with Crippen molar-refractivity contribution in [2.45, 2.75) is 12.8 Å². The molecule has 0 saturated carbocycles. The molecule has 0 aliphatic carbocycles. The van der Waals surface area contributed by atoms with Gasteiger partial charge in [-0.2, -0.15) is 0 Å². The van der Waals surface area contributed by atoms with E-state index in [1.807, 2.05) is 6.92 Å². The molecule has 0 spiro atoms. The van der Waals surface area contributed by atoms with Crippen LogP contribution < -0.4 is 10.6 Å². The van der Waals surface area contributed by atoms with Gasteiger partial charge >= 0.3 is 6.03 Å². The summed E-state index contributed by atoms with van der Waals surface area (Å²) in [7, 11) is 0. The molecule has 5 nitrogen and oxygen atoms in total. The molecule has 1 atom stereocenters. The van der Waals surface area contributed by atoms with Gasteiger partial charge in [-0.15, -0.1) is 0 Å². The lowest BCUT2D eigenvalue weighted by atomic mass is 9.94. The third kappa shape index (κ3) is 1.84. The summed E-state index contributed by atoms with van der Waals surface area (Å²) in [6.45, 7) is 2.09. The second kappa shape index (κ2) is 3.84. The first-order chi connectivity index (χ1) is 7.58. The molecular weight excluding hydrogens is 208 g/mol. The van der Waals surface area contributed by atoms with Crippen molar-refractivity contribution in [2.75, 3.05) is 6.54 Å². The van der Waals surface area contributed by atoms with E-state index in [0.717, 1.165) is 5.56 Å². The van der Waals surface area contributed by atoms with Crippen molar-refractivity contribution in [1.29, 1.82) is 0 Å². The van der Waals surface area contributed by atoms with Crippen molar-refractivity contribution < 1.29 is 14.7 Å². The van der Waals surface area contributed by atoms with Gasteiger partial charge < -0.3 is 10.4 Å². The first kappa shape index (κ1) is 10.5. The van der Waals surface area contributed by atoms with Crippen molar-refractivity contribution in [3.8, 4) is 5.75 Å². The molecule has 1 aromatic rings. The van der Waals surface area contributed by atoms with E-state index in [4.69, 9.17) is 0 Å². The van der Waals surface area contributed by atoms with E-state index in [-0.39, 0.29) is 18.2 Å². The number of phenols is 1. The predicted octanol–water partition coefficient (Wildman–Crippen LogP) is 0.624. The normalized spacial score (nSPS) is 20.2. The van der Waals surface area contributed by atoms with E-state index in [1.165, 1.54) is 0 Å². The van der Waals surface area contributed by atoms with Gasteiger partial charge in [0.25, 0.3) is 0 Å². The molecule has 1 aromatic carbocycles. The lowest BCUT2D eigenvalue weighted by Crippen LogP contribution is -2.50.